The molecule has 0 radical (unpaired) electrons. The Morgan fingerprint density at radius 1 is 1.33 bits per heavy atom. The lowest BCUT2D eigenvalue weighted by atomic mass is 10.0. The Bertz CT molecular complexity index is 696. The quantitative estimate of drug-likeness (QED) is 0.779. The molecule has 2 aromatic rings. The summed E-state index contributed by atoms with van der Waals surface area (Å²) in [4.78, 5) is 0. The maximum Gasteiger partial charge on any atom is 0.145 e. The van der Waals surface area contributed by atoms with Gasteiger partial charge in [0.15, 0.2) is 0 Å². The molecule has 1 aliphatic rings. The molecule has 0 aliphatic heterocycles. The second-order valence-electron chi connectivity index (χ2n) is 5.39. The second-order valence-corrected chi connectivity index (χ2v) is 6.61. The third kappa shape index (κ3) is 2.86. The van der Waals surface area contributed by atoms with Crippen LogP contribution in [0.1, 0.15) is 48.4 Å². The average molecular weight is 365 g/mol. The fourth-order valence-electron chi connectivity index (χ4n) is 2.94. The van der Waals surface area contributed by atoms with E-state index in [0.717, 1.165) is 28.6 Å². The van der Waals surface area contributed by atoms with Crippen molar-refractivity contribution in [2.24, 2.45) is 0 Å². The first-order valence-corrected chi connectivity index (χ1v) is 8.27. The van der Waals surface area contributed by atoms with Crippen molar-refractivity contribution in [1.82, 2.24) is 9.78 Å². The van der Waals surface area contributed by atoms with Gasteiger partial charge in [0.05, 0.1) is 12.2 Å². The molecular formula is C16H15BrClN3. The Labute approximate surface area is 137 Å². The van der Waals surface area contributed by atoms with Gasteiger partial charge in [-0.25, -0.2) is 4.68 Å². The van der Waals surface area contributed by atoms with E-state index >= 15 is 0 Å². The third-order valence-corrected chi connectivity index (χ3v) is 5.21. The van der Waals surface area contributed by atoms with Crippen molar-refractivity contribution >= 4 is 27.5 Å². The van der Waals surface area contributed by atoms with Crippen LogP contribution in [0.5, 0.6) is 0 Å². The molecule has 1 aromatic heterocycles. The lowest BCUT2D eigenvalue weighted by molar-refractivity contribution is 0.628. The standard InChI is InChI=1S/C16H15BrClN3/c17-14-8-4-3-7-12(14)10-21-16(18)13(9-19)15(20-21)11-5-1-2-6-11/h3-4,7-8,11H,1-2,5-6,10H2. The predicted octanol–water partition coefficient (Wildman–Crippen LogP) is 4.88. The van der Waals surface area contributed by atoms with E-state index in [4.69, 9.17) is 11.6 Å². The highest BCUT2D eigenvalue weighted by Crippen LogP contribution is 2.37. The van der Waals surface area contributed by atoms with Gasteiger partial charge in [-0.15, -0.1) is 0 Å². The van der Waals surface area contributed by atoms with Gasteiger partial charge in [-0.1, -0.05) is 58.6 Å². The molecule has 0 N–H and O–H groups in total. The number of hydrogen-bond donors (Lipinski definition) is 0. The van der Waals surface area contributed by atoms with E-state index < -0.39 is 0 Å². The Morgan fingerprint density at radius 2 is 2.05 bits per heavy atom. The Hall–Kier alpha value is -1.31. The second kappa shape index (κ2) is 6.21. The van der Waals surface area contributed by atoms with Crippen LogP contribution < -0.4 is 0 Å². The summed E-state index contributed by atoms with van der Waals surface area (Å²) >= 11 is 9.91. The van der Waals surface area contributed by atoms with E-state index in [1.165, 1.54) is 12.8 Å². The molecule has 0 spiro atoms. The lowest BCUT2D eigenvalue weighted by Crippen LogP contribution is -2.04. The van der Waals surface area contributed by atoms with Crippen molar-refractivity contribution in [3.63, 3.8) is 0 Å². The largest absolute Gasteiger partial charge is 0.248 e. The first-order chi connectivity index (χ1) is 10.2. The summed E-state index contributed by atoms with van der Waals surface area (Å²) in [6.07, 6.45) is 4.64. The van der Waals surface area contributed by atoms with Gasteiger partial charge < -0.3 is 0 Å². The minimum absolute atomic E-state index is 0.387. The van der Waals surface area contributed by atoms with Gasteiger partial charge in [0.25, 0.3) is 0 Å². The maximum atomic E-state index is 9.40. The number of nitriles is 1. The SMILES string of the molecule is N#Cc1c(C2CCCC2)nn(Cc2ccccc2Br)c1Cl. The van der Waals surface area contributed by atoms with Crippen LogP contribution in [0.3, 0.4) is 0 Å². The maximum absolute atomic E-state index is 9.40. The van der Waals surface area contributed by atoms with Crippen LogP contribution in [0, 0.1) is 11.3 Å². The Balaban J connectivity index is 1.96. The molecule has 0 atom stereocenters. The molecule has 1 aliphatic carbocycles. The van der Waals surface area contributed by atoms with E-state index in [0.29, 0.717) is 23.2 Å². The third-order valence-electron chi connectivity index (χ3n) is 4.05. The van der Waals surface area contributed by atoms with Crippen molar-refractivity contribution in [3.05, 3.63) is 50.7 Å². The summed E-state index contributed by atoms with van der Waals surface area (Å²) in [5, 5.41) is 14.5. The molecule has 3 rings (SSSR count). The molecule has 3 nitrogen and oxygen atoms in total. The Kier molecular flexibility index (Phi) is 4.32. The van der Waals surface area contributed by atoms with Crippen molar-refractivity contribution < 1.29 is 0 Å². The average Bonchev–Trinajstić information content (AvgIpc) is 3.10. The smallest absolute Gasteiger partial charge is 0.145 e. The number of aromatic nitrogens is 2. The van der Waals surface area contributed by atoms with Gasteiger partial charge in [-0.2, -0.15) is 10.4 Å². The summed E-state index contributed by atoms with van der Waals surface area (Å²) in [6, 6.07) is 10.2. The molecule has 0 saturated heterocycles. The van der Waals surface area contributed by atoms with Crippen LogP contribution in [-0.2, 0) is 6.54 Å². The normalized spacial score (nSPS) is 15.3. The van der Waals surface area contributed by atoms with E-state index in [1.807, 2.05) is 24.3 Å². The molecule has 1 fully saturated rings. The molecule has 21 heavy (non-hydrogen) atoms. The minimum atomic E-state index is 0.387. The Morgan fingerprint density at radius 3 is 2.71 bits per heavy atom. The summed E-state index contributed by atoms with van der Waals surface area (Å²) < 4.78 is 2.77. The van der Waals surface area contributed by atoms with Crippen LogP contribution in [0.25, 0.3) is 0 Å². The summed E-state index contributed by atoms with van der Waals surface area (Å²) in [5.74, 6) is 0.387. The van der Waals surface area contributed by atoms with Gasteiger partial charge in [0.1, 0.15) is 16.8 Å². The van der Waals surface area contributed by atoms with Gasteiger partial charge in [-0.3, -0.25) is 0 Å². The first kappa shape index (κ1) is 14.6. The number of nitrogens with zero attached hydrogens (tertiary/aromatic N) is 3. The molecular weight excluding hydrogens is 350 g/mol. The topological polar surface area (TPSA) is 41.6 Å². The zero-order valence-electron chi connectivity index (χ0n) is 11.5. The highest BCUT2D eigenvalue weighted by Gasteiger charge is 2.26. The number of hydrogen-bond acceptors (Lipinski definition) is 2. The molecule has 108 valence electrons. The highest BCUT2D eigenvalue weighted by atomic mass is 79.9. The zero-order valence-corrected chi connectivity index (χ0v) is 13.9. The number of benzene rings is 1. The predicted molar refractivity (Wildman–Crippen MR) is 86.4 cm³/mol. The zero-order chi connectivity index (χ0) is 14.8. The van der Waals surface area contributed by atoms with E-state index in [2.05, 4.69) is 27.1 Å². The van der Waals surface area contributed by atoms with Crippen molar-refractivity contribution in [3.8, 4) is 6.07 Å². The molecule has 5 heteroatoms. The highest BCUT2D eigenvalue weighted by molar-refractivity contribution is 9.10. The number of rotatable bonds is 3. The molecule has 0 bridgehead atoms. The molecule has 1 saturated carbocycles. The van der Waals surface area contributed by atoms with Crippen LogP contribution in [0.2, 0.25) is 5.15 Å². The molecule has 0 unspecified atom stereocenters. The van der Waals surface area contributed by atoms with Crippen molar-refractivity contribution in [2.45, 2.75) is 38.1 Å². The van der Waals surface area contributed by atoms with Crippen LogP contribution in [0.15, 0.2) is 28.7 Å². The molecule has 1 heterocycles. The van der Waals surface area contributed by atoms with Crippen LogP contribution in [0.4, 0.5) is 0 Å². The van der Waals surface area contributed by atoms with E-state index in [9.17, 15) is 5.26 Å². The minimum Gasteiger partial charge on any atom is -0.248 e. The lowest BCUT2D eigenvalue weighted by Gasteiger charge is -2.06. The molecule has 1 aromatic carbocycles. The summed E-state index contributed by atoms with van der Waals surface area (Å²) in [6.45, 7) is 0.571. The first-order valence-electron chi connectivity index (χ1n) is 7.10. The van der Waals surface area contributed by atoms with Crippen LogP contribution >= 0.6 is 27.5 Å². The number of halogens is 2. The fraction of sp³-hybridized carbons (Fsp3) is 0.375. The van der Waals surface area contributed by atoms with E-state index in [1.54, 1.807) is 4.68 Å². The molecule has 0 amide bonds. The summed E-state index contributed by atoms with van der Waals surface area (Å²) in [7, 11) is 0. The summed E-state index contributed by atoms with van der Waals surface area (Å²) in [5.41, 5.74) is 2.53. The van der Waals surface area contributed by atoms with Crippen LogP contribution in [-0.4, -0.2) is 9.78 Å². The van der Waals surface area contributed by atoms with Gasteiger partial charge in [0.2, 0.25) is 0 Å². The van der Waals surface area contributed by atoms with Crippen molar-refractivity contribution in [1.29, 1.82) is 5.26 Å². The van der Waals surface area contributed by atoms with Gasteiger partial charge >= 0.3 is 0 Å². The fourth-order valence-corrected chi connectivity index (χ4v) is 3.59. The van der Waals surface area contributed by atoms with Gasteiger partial charge in [0, 0.05) is 10.4 Å². The monoisotopic (exact) mass is 363 g/mol. The van der Waals surface area contributed by atoms with E-state index in [-0.39, 0.29) is 0 Å². The van der Waals surface area contributed by atoms with Crippen molar-refractivity contribution in [2.75, 3.05) is 0 Å². The van der Waals surface area contributed by atoms with Gasteiger partial charge in [-0.05, 0) is 24.5 Å².